The highest BCUT2D eigenvalue weighted by atomic mass is 19.3. The van der Waals surface area contributed by atoms with Crippen LogP contribution < -0.4 is 0 Å². The summed E-state index contributed by atoms with van der Waals surface area (Å²) in [4.78, 5) is 1.86. The molecule has 0 N–H and O–H groups in total. The molecule has 1 aliphatic rings. The van der Waals surface area contributed by atoms with E-state index in [0.29, 0.717) is 6.04 Å². The lowest BCUT2D eigenvalue weighted by atomic mass is 10.00. The Balaban J connectivity index is 2.27. The van der Waals surface area contributed by atoms with Gasteiger partial charge in [0.15, 0.2) is 0 Å². The molecule has 0 bridgehead atoms. The molecule has 1 fully saturated rings. The van der Waals surface area contributed by atoms with E-state index in [1.54, 1.807) is 0 Å². The van der Waals surface area contributed by atoms with Gasteiger partial charge in [0.1, 0.15) is 0 Å². The first kappa shape index (κ1) is 8.91. The minimum atomic E-state index is -2.52. The number of hydrogen-bond donors (Lipinski definition) is 0. The Morgan fingerprint density at radius 2 is 2.18 bits per heavy atom. The zero-order valence-corrected chi connectivity index (χ0v) is 7.11. The van der Waals surface area contributed by atoms with Crippen LogP contribution in [0.4, 0.5) is 8.78 Å². The molecule has 0 aromatic rings. The summed E-state index contributed by atoms with van der Waals surface area (Å²) in [6.45, 7) is 3.82. The lowest BCUT2D eigenvalue weighted by Crippen LogP contribution is -2.51. The van der Waals surface area contributed by atoms with E-state index in [2.05, 4.69) is 0 Å². The van der Waals surface area contributed by atoms with Crippen LogP contribution >= 0.6 is 0 Å². The molecule has 3 heteroatoms. The Hall–Kier alpha value is -0.180. The molecule has 0 spiro atoms. The number of likely N-dealkylation sites (tertiary alicyclic amines) is 1. The molecule has 11 heavy (non-hydrogen) atoms. The first-order valence-corrected chi connectivity index (χ1v) is 4.15. The van der Waals surface area contributed by atoms with E-state index in [1.165, 1.54) is 0 Å². The van der Waals surface area contributed by atoms with Crippen molar-refractivity contribution >= 4 is 0 Å². The van der Waals surface area contributed by atoms with Crippen molar-refractivity contribution in [2.45, 2.75) is 38.7 Å². The van der Waals surface area contributed by atoms with Crippen LogP contribution in [0, 0.1) is 0 Å². The van der Waals surface area contributed by atoms with Crippen LogP contribution in [0.1, 0.15) is 26.7 Å². The summed E-state index contributed by atoms with van der Waals surface area (Å²) in [6, 6.07) is 0.417. The zero-order valence-electron chi connectivity index (χ0n) is 7.11. The summed E-state index contributed by atoms with van der Waals surface area (Å²) in [7, 11) is 0. The van der Waals surface area contributed by atoms with Crippen LogP contribution in [0.2, 0.25) is 0 Å². The largest absolute Gasteiger partial charge is 0.294 e. The number of halogens is 2. The van der Waals surface area contributed by atoms with Gasteiger partial charge in [0, 0.05) is 19.5 Å². The van der Waals surface area contributed by atoms with Crippen LogP contribution in [0.25, 0.3) is 0 Å². The molecule has 0 aromatic carbocycles. The van der Waals surface area contributed by atoms with E-state index < -0.39 is 5.92 Å². The van der Waals surface area contributed by atoms with E-state index in [0.717, 1.165) is 26.3 Å². The van der Waals surface area contributed by atoms with E-state index in [4.69, 9.17) is 0 Å². The minimum Gasteiger partial charge on any atom is -0.294 e. The van der Waals surface area contributed by atoms with Crippen molar-refractivity contribution < 1.29 is 8.78 Å². The van der Waals surface area contributed by atoms with Crippen molar-refractivity contribution in [1.29, 1.82) is 0 Å². The van der Waals surface area contributed by atoms with Crippen LogP contribution in [-0.2, 0) is 0 Å². The normalized spacial score (nSPS) is 26.7. The van der Waals surface area contributed by atoms with Gasteiger partial charge < -0.3 is 0 Å². The highest BCUT2D eigenvalue weighted by Crippen LogP contribution is 2.24. The van der Waals surface area contributed by atoms with Gasteiger partial charge in [-0.3, -0.25) is 4.90 Å². The fourth-order valence-electron chi connectivity index (χ4n) is 1.52. The number of nitrogens with zero attached hydrogens (tertiary/aromatic N) is 1. The summed E-state index contributed by atoms with van der Waals surface area (Å²) in [5.74, 6) is -2.52. The molecule has 0 radical (unpaired) electrons. The molecule has 1 nitrogen and oxygen atoms in total. The summed E-state index contributed by atoms with van der Waals surface area (Å²) < 4.78 is 24.9. The number of rotatable bonds is 3. The van der Waals surface area contributed by atoms with Crippen molar-refractivity contribution in [2.75, 3.05) is 13.1 Å². The predicted octanol–water partition coefficient (Wildman–Crippen LogP) is 2.13. The molecule has 1 aliphatic heterocycles. The average Bonchev–Trinajstić information content (AvgIpc) is 1.80. The van der Waals surface area contributed by atoms with Gasteiger partial charge in [-0.2, -0.15) is 0 Å². The first-order chi connectivity index (χ1) is 5.03. The van der Waals surface area contributed by atoms with Crippen molar-refractivity contribution in [3.8, 4) is 0 Å². The first-order valence-electron chi connectivity index (χ1n) is 4.15. The van der Waals surface area contributed by atoms with Crippen molar-refractivity contribution in [3.05, 3.63) is 0 Å². The summed E-state index contributed by atoms with van der Waals surface area (Å²) >= 11 is 0. The van der Waals surface area contributed by atoms with E-state index in [1.807, 2.05) is 11.8 Å². The lowest BCUT2D eigenvalue weighted by Gasteiger charge is -2.41. The Bertz CT molecular complexity index is 129. The smallest absolute Gasteiger partial charge is 0.257 e. The third-order valence-corrected chi connectivity index (χ3v) is 2.22. The SMILES string of the molecule is CC[C@@H]1CCN1CC(C)(F)F. The topological polar surface area (TPSA) is 3.24 Å². The molecular weight excluding hydrogens is 148 g/mol. The maximum absolute atomic E-state index is 12.5. The number of alkyl halides is 2. The molecule has 0 amide bonds. The zero-order chi connectivity index (χ0) is 8.48. The van der Waals surface area contributed by atoms with Crippen LogP contribution in [0.5, 0.6) is 0 Å². The lowest BCUT2D eigenvalue weighted by molar-refractivity contribution is -0.0526. The molecule has 0 saturated carbocycles. The van der Waals surface area contributed by atoms with Gasteiger partial charge in [-0.1, -0.05) is 6.92 Å². The molecular formula is C8H15F2N. The monoisotopic (exact) mass is 163 g/mol. The second-order valence-corrected chi connectivity index (χ2v) is 3.39. The summed E-state index contributed by atoms with van der Waals surface area (Å²) in [5.41, 5.74) is 0. The van der Waals surface area contributed by atoms with E-state index >= 15 is 0 Å². The molecule has 0 aromatic heterocycles. The molecule has 1 saturated heterocycles. The van der Waals surface area contributed by atoms with Gasteiger partial charge in [0.05, 0.1) is 6.54 Å². The van der Waals surface area contributed by atoms with Gasteiger partial charge in [0.25, 0.3) is 5.92 Å². The van der Waals surface area contributed by atoms with Crippen LogP contribution in [0.15, 0.2) is 0 Å². The molecule has 1 heterocycles. The maximum atomic E-state index is 12.5. The molecule has 1 atom stereocenters. The Morgan fingerprint density at radius 1 is 1.55 bits per heavy atom. The fourth-order valence-corrected chi connectivity index (χ4v) is 1.52. The minimum absolute atomic E-state index is 0.0640. The van der Waals surface area contributed by atoms with Gasteiger partial charge in [-0.15, -0.1) is 0 Å². The van der Waals surface area contributed by atoms with Crippen molar-refractivity contribution in [1.82, 2.24) is 4.90 Å². The highest BCUT2D eigenvalue weighted by molar-refractivity contribution is 4.83. The third kappa shape index (κ3) is 2.40. The summed E-state index contributed by atoms with van der Waals surface area (Å²) in [5, 5.41) is 0. The van der Waals surface area contributed by atoms with Crippen LogP contribution in [-0.4, -0.2) is 30.0 Å². The molecule has 66 valence electrons. The summed E-state index contributed by atoms with van der Waals surface area (Å²) in [6.07, 6.45) is 2.09. The van der Waals surface area contributed by atoms with Gasteiger partial charge in [-0.25, -0.2) is 8.78 Å². The second-order valence-electron chi connectivity index (χ2n) is 3.39. The maximum Gasteiger partial charge on any atom is 0.257 e. The van der Waals surface area contributed by atoms with Gasteiger partial charge >= 0.3 is 0 Å². The Morgan fingerprint density at radius 3 is 2.45 bits per heavy atom. The second kappa shape index (κ2) is 3.05. The standard InChI is InChI=1S/C8H15F2N/c1-3-7-4-5-11(7)6-8(2,9)10/h7H,3-6H2,1-2H3/t7-/m1/s1. The van der Waals surface area contributed by atoms with Gasteiger partial charge in [0.2, 0.25) is 0 Å². The molecule has 1 rings (SSSR count). The average molecular weight is 163 g/mol. The highest BCUT2D eigenvalue weighted by Gasteiger charge is 2.33. The van der Waals surface area contributed by atoms with Crippen molar-refractivity contribution in [2.24, 2.45) is 0 Å². The van der Waals surface area contributed by atoms with E-state index in [-0.39, 0.29) is 6.54 Å². The number of hydrogen-bond acceptors (Lipinski definition) is 1. The van der Waals surface area contributed by atoms with Crippen molar-refractivity contribution in [3.63, 3.8) is 0 Å². The third-order valence-electron chi connectivity index (χ3n) is 2.22. The molecule has 0 unspecified atom stereocenters. The quantitative estimate of drug-likeness (QED) is 0.616. The van der Waals surface area contributed by atoms with Crippen LogP contribution in [0.3, 0.4) is 0 Å². The van der Waals surface area contributed by atoms with Gasteiger partial charge in [-0.05, 0) is 12.8 Å². The Labute approximate surface area is 66.4 Å². The van der Waals surface area contributed by atoms with E-state index in [9.17, 15) is 8.78 Å². The Kier molecular flexibility index (Phi) is 2.47. The predicted molar refractivity (Wildman–Crippen MR) is 40.9 cm³/mol. The molecule has 0 aliphatic carbocycles. The fraction of sp³-hybridized carbons (Fsp3) is 1.00.